The molecule has 0 fully saturated rings. The molecular weight excluding hydrogens is 390 g/mol. The summed E-state index contributed by atoms with van der Waals surface area (Å²) in [5, 5.41) is 22.0. The van der Waals surface area contributed by atoms with Gasteiger partial charge in [-0.3, -0.25) is 0 Å². The third-order valence-electron chi connectivity index (χ3n) is 6.88. The lowest BCUT2D eigenvalue weighted by Crippen LogP contribution is -2.14. The van der Waals surface area contributed by atoms with Gasteiger partial charge in [-0.1, -0.05) is 68.4 Å². The minimum atomic E-state index is -0.0916. The van der Waals surface area contributed by atoms with Gasteiger partial charge in [-0.25, -0.2) is 0 Å². The zero-order valence-electron chi connectivity index (χ0n) is 17.8. The van der Waals surface area contributed by atoms with Crippen LogP contribution in [0.2, 0.25) is 0 Å². The number of nitriles is 2. The van der Waals surface area contributed by atoms with E-state index in [0.717, 1.165) is 16.4 Å². The van der Waals surface area contributed by atoms with E-state index in [1.54, 1.807) is 18.2 Å². The van der Waals surface area contributed by atoms with E-state index < -0.39 is 0 Å². The maximum atomic E-state index is 9.86. The second kappa shape index (κ2) is 6.33. The Kier molecular flexibility index (Phi) is 3.65. The SMILES string of the molecule is CC1(C)c2ccccc2-c2c1ccc1c2c2ccccc2n1-c1c(C#N)cccc1C#N. The average molecular weight is 409 g/mol. The molecule has 1 aromatic heterocycles. The van der Waals surface area contributed by atoms with Crippen molar-refractivity contribution in [1.29, 1.82) is 10.5 Å². The Hall–Kier alpha value is -4.34. The quantitative estimate of drug-likeness (QED) is 0.304. The van der Waals surface area contributed by atoms with E-state index in [1.807, 2.05) is 6.07 Å². The van der Waals surface area contributed by atoms with Crippen LogP contribution >= 0.6 is 0 Å². The molecule has 1 aliphatic carbocycles. The largest absolute Gasteiger partial charge is 0.307 e. The molecule has 0 saturated carbocycles. The molecule has 0 saturated heterocycles. The summed E-state index contributed by atoms with van der Waals surface area (Å²) in [4.78, 5) is 0. The van der Waals surface area contributed by atoms with Crippen LogP contribution in [0.3, 0.4) is 0 Å². The van der Waals surface area contributed by atoms with Crippen molar-refractivity contribution in [2.45, 2.75) is 19.3 Å². The minimum absolute atomic E-state index is 0.0916. The molecule has 3 nitrogen and oxygen atoms in total. The number of fused-ring (bicyclic) bond motifs is 7. The number of rotatable bonds is 1. The molecule has 0 atom stereocenters. The van der Waals surface area contributed by atoms with Gasteiger partial charge in [-0.05, 0) is 46.5 Å². The summed E-state index contributed by atoms with van der Waals surface area (Å²) in [6.07, 6.45) is 0. The first-order valence-corrected chi connectivity index (χ1v) is 10.7. The molecule has 1 aliphatic rings. The van der Waals surface area contributed by atoms with Crippen molar-refractivity contribution in [3.8, 4) is 29.0 Å². The van der Waals surface area contributed by atoms with E-state index in [1.165, 1.54) is 27.6 Å². The summed E-state index contributed by atoms with van der Waals surface area (Å²) in [7, 11) is 0. The molecule has 0 spiro atoms. The number of nitrogens with zero attached hydrogens (tertiary/aromatic N) is 3. The van der Waals surface area contributed by atoms with Crippen molar-refractivity contribution in [2.75, 3.05) is 0 Å². The van der Waals surface area contributed by atoms with Crippen molar-refractivity contribution >= 4 is 21.8 Å². The maximum absolute atomic E-state index is 9.86. The van der Waals surface area contributed by atoms with Crippen LogP contribution in [0.1, 0.15) is 36.1 Å². The first-order valence-electron chi connectivity index (χ1n) is 10.7. The summed E-state index contributed by atoms with van der Waals surface area (Å²) in [6, 6.07) is 31.2. The molecule has 4 aromatic carbocycles. The smallest absolute Gasteiger partial charge is 0.101 e. The van der Waals surface area contributed by atoms with Crippen LogP contribution in [-0.4, -0.2) is 4.57 Å². The predicted molar refractivity (Wildman–Crippen MR) is 128 cm³/mol. The molecule has 0 aliphatic heterocycles. The fraction of sp³-hybridized carbons (Fsp3) is 0.103. The Balaban J connectivity index is 1.87. The van der Waals surface area contributed by atoms with Crippen molar-refractivity contribution in [3.63, 3.8) is 0 Å². The highest BCUT2D eigenvalue weighted by molar-refractivity contribution is 6.18. The van der Waals surface area contributed by atoms with Gasteiger partial charge in [0, 0.05) is 16.2 Å². The van der Waals surface area contributed by atoms with E-state index in [0.29, 0.717) is 16.8 Å². The van der Waals surface area contributed by atoms with Gasteiger partial charge in [-0.2, -0.15) is 10.5 Å². The van der Waals surface area contributed by atoms with Crippen LogP contribution in [0.5, 0.6) is 0 Å². The summed E-state index contributed by atoms with van der Waals surface area (Å²) in [5.41, 5.74) is 8.70. The van der Waals surface area contributed by atoms with Gasteiger partial charge in [0.05, 0.1) is 27.8 Å². The maximum Gasteiger partial charge on any atom is 0.101 e. The second-order valence-corrected chi connectivity index (χ2v) is 8.83. The molecule has 0 bridgehead atoms. The molecule has 0 unspecified atom stereocenters. The van der Waals surface area contributed by atoms with Crippen molar-refractivity contribution < 1.29 is 0 Å². The van der Waals surface area contributed by atoms with Crippen LogP contribution in [0.25, 0.3) is 38.6 Å². The molecular formula is C29H19N3. The molecule has 5 aromatic rings. The Morgan fingerprint density at radius 2 is 1.38 bits per heavy atom. The Bertz CT molecular complexity index is 1640. The van der Waals surface area contributed by atoms with Crippen molar-refractivity contribution in [2.24, 2.45) is 0 Å². The fourth-order valence-corrected chi connectivity index (χ4v) is 5.46. The van der Waals surface area contributed by atoms with Crippen molar-refractivity contribution in [1.82, 2.24) is 4.57 Å². The summed E-state index contributed by atoms with van der Waals surface area (Å²) in [6.45, 7) is 4.56. The molecule has 3 heteroatoms. The third kappa shape index (κ3) is 2.18. The van der Waals surface area contributed by atoms with Gasteiger partial charge in [0.2, 0.25) is 0 Å². The zero-order chi connectivity index (χ0) is 22.0. The number of para-hydroxylation sites is 2. The van der Waals surface area contributed by atoms with Crippen LogP contribution < -0.4 is 0 Å². The van der Waals surface area contributed by atoms with Gasteiger partial charge >= 0.3 is 0 Å². The number of hydrogen-bond donors (Lipinski definition) is 0. The van der Waals surface area contributed by atoms with E-state index in [4.69, 9.17) is 0 Å². The normalized spacial score (nSPS) is 13.5. The summed E-state index contributed by atoms with van der Waals surface area (Å²) in [5.74, 6) is 0. The van der Waals surface area contributed by atoms with E-state index in [9.17, 15) is 10.5 Å². The molecule has 0 amide bonds. The second-order valence-electron chi connectivity index (χ2n) is 8.83. The highest BCUT2D eigenvalue weighted by atomic mass is 15.0. The number of hydrogen-bond acceptors (Lipinski definition) is 2. The third-order valence-corrected chi connectivity index (χ3v) is 6.88. The minimum Gasteiger partial charge on any atom is -0.307 e. The highest BCUT2D eigenvalue weighted by Crippen LogP contribution is 2.53. The van der Waals surface area contributed by atoms with Gasteiger partial charge in [0.25, 0.3) is 0 Å². The predicted octanol–water partition coefficient (Wildman–Crippen LogP) is 6.83. The average Bonchev–Trinajstić information content (AvgIpc) is 3.28. The fourth-order valence-electron chi connectivity index (χ4n) is 5.46. The summed E-state index contributed by atoms with van der Waals surface area (Å²) < 4.78 is 2.09. The van der Waals surface area contributed by atoms with E-state index >= 15 is 0 Å². The Morgan fingerprint density at radius 3 is 2.12 bits per heavy atom. The molecule has 0 N–H and O–H groups in total. The Labute approximate surface area is 186 Å². The first kappa shape index (κ1) is 18.4. The van der Waals surface area contributed by atoms with Crippen LogP contribution in [-0.2, 0) is 5.41 Å². The standard InChI is InChI=1S/C29H19N3/c1-29(2)22-12-5-3-10-20(22)26-23(29)14-15-25-27(26)21-11-4-6-13-24(21)32(25)28-18(16-30)8-7-9-19(28)17-31/h3-15H,1-2H3. The number of aromatic nitrogens is 1. The zero-order valence-corrected chi connectivity index (χ0v) is 17.8. The van der Waals surface area contributed by atoms with Gasteiger partial charge in [0.15, 0.2) is 0 Å². The number of benzene rings is 4. The van der Waals surface area contributed by atoms with Crippen molar-refractivity contribution in [3.05, 3.63) is 101 Å². The van der Waals surface area contributed by atoms with E-state index in [2.05, 4.69) is 85.2 Å². The molecule has 32 heavy (non-hydrogen) atoms. The topological polar surface area (TPSA) is 52.5 Å². The Morgan fingerprint density at radius 1 is 0.688 bits per heavy atom. The van der Waals surface area contributed by atoms with E-state index in [-0.39, 0.29) is 5.41 Å². The molecule has 6 rings (SSSR count). The van der Waals surface area contributed by atoms with Gasteiger partial charge in [0.1, 0.15) is 12.1 Å². The lowest BCUT2D eigenvalue weighted by molar-refractivity contribution is 0.661. The molecule has 1 heterocycles. The van der Waals surface area contributed by atoms with Crippen LogP contribution in [0.15, 0.2) is 78.9 Å². The molecule has 0 radical (unpaired) electrons. The van der Waals surface area contributed by atoms with Crippen LogP contribution in [0, 0.1) is 22.7 Å². The van der Waals surface area contributed by atoms with Crippen LogP contribution in [0.4, 0.5) is 0 Å². The first-order chi connectivity index (χ1) is 15.6. The lowest BCUT2D eigenvalue weighted by atomic mass is 9.82. The lowest BCUT2D eigenvalue weighted by Gasteiger charge is -2.21. The molecule has 150 valence electrons. The highest BCUT2D eigenvalue weighted by Gasteiger charge is 2.37. The monoisotopic (exact) mass is 409 g/mol. The van der Waals surface area contributed by atoms with Gasteiger partial charge < -0.3 is 4.57 Å². The summed E-state index contributed by atoms with van der Waals surface area (Å²) >= 11 is 0. The van der Waals surface area contributed by atoms with Gasteiger partial charge in [-0.15, -0.1) is 0 Å².